The van der Waals surface area contributed by atoms with E-state index in [-0.39, 0.29) is 5.91 Å². The maximum atomic E-state index is 10.9. The van der Waals surface area contributed by atoms with Crippen LogP contribution >= 0.6 is 11.8 Å². The van der Waals surface area contributed by atoms with E-state index in [9.17, 15) is 4.79 Å². The number of ether oxygens (including phenoxy) is 1. The van der Waals surface area contributed by atoms with Gasteiger partial charge in [0.2, 0.25) is 5.91 Å². The molecule has 18 heavy (non-hydrogen) atoms. The third-order valence-electron chi connectivity index (χ3n) is 2.13. The summed E-state index contributed by atoms with van der Waals surface area (Å²) in [5.41, 5.74) is 0.928. The normalized spacial score (nSPS) is 17.4. The van der Waals surface area contributed by atoms with E-state index in [0.717, 1.165) is 11.3 Å². The summed E-state index contributed by atoms with van der Waals surface area (Å²) >= 11 is 1.35. The van der Waals surface area contributed by atoms with Crippen LogP contribution in [0, 0.1) is 0 Å². The first kappa shape index (κ1) is 12.6. The van der Waals surface area contributed by atoms with Crippen LogP contribution < -0.4 is 10.1 Å². The Hall–Kier alpha value is -1.82. The smallest absolute Gasteiger partial charge is 0.236 e. The Kier molecular flexibility index (Phi) is 4.35. The van der Waals surface area contributed by atoms with Crippen LogP contribution in [0.1, 0.15) is 12.5 Å². The first-order chi connectivity index (χ1) is 8.78. The van der Waals surface area contributed by atoms with Crippen LogP contribution in [0.4, 0.5) is 0 Å². The fraction of sp³-hybridized carbons (Fsp3) is 0.250. The summed E-state index contributed by atoms with van der Waals surface area (Å²) in [5.74, 6) is 1.21. The summed E-state index contributed by atoms with van der Waals surface area (Å²) in [4.78, 5) is 10.9. The highest BCUT2D eigenvalue weighted by Gasteiger charge is 2.15. The predicted octanol–water partition coefficient (Wildman–Crippen LogP) is 1.64. The number of amidine groups is 1. The van der Waals surface area contributed by atoms with Gasteiger partial charge in [-0.3, -0.25) is 4.79 Å². The van der Waals surface area contributed by atoms with Crippen LogP contribution in [-0.2, 0) is 4.79 Å². The van der Waals surface area contributed by atoms with Gasteiger partial charge < -0.3 is 10.1 Å². The van der Waals surface area contributed by atoms with E-state index in [0.29, 0.717) is 17.5 Å². The average Bonchev–Trinajstić information content (AvgIpc) is 2.78. The zero-order valence-corrected chi connectivity index (χ0v) is 10.7. The molecule has 1 heterocycles. The Balaban J connectivity index is 1.94. The van der Waals surface area contributed by atoms with Gasteiger partial charge in [-0.25, -0.2) is 0 Å². The van der Waals surface area contributed by atoms with Gasteiger partial charge in [-0.15, -0.1) is 5.10 Å². The Morgan fingerprint density at radius 2 is 2.22 bits per heavy atom. The molecule has 1 N–H and O–H groups in total. The fourth-order valence-electron chi connectivity index (χ4n) is 1.34. The third kappa shape index (κ3) is 3.59. The van der Waals surface area contributed by atoms with Gasteiger partial charge in [0.1, 0.15) is 5.75 Å². The largest absolute Gasteiger partial charge is 0.494 e. The Morgan fingerprint density at radius 3 is 2.83 bits per heavy atom. The van der Waals surface area contributed by atoms with Gasteiger partial charge in [-0.1, -0.05) is 11.8 Å². The van der Waals surface area contributed by atoms with Crippen molar-refractivity contribution < 1.29 is 9.53 Å². The molecule has 1 amide bonds. The van der Waals surface area contributed by atoms with Crippen LogP contribution in [0.2, 0.25) is 0 Å². The second-order valence-electron chi connectivity index (χ2n) is 3.49. The van der Waals surface area contributed by atoms with E-state index in [2.05, 4.69) is 15.5 Å². The fourth-order valence-corrected chi connectivity index (χ4v) is 1.97. The number of nitrogens with zero attached hydrogens (tertiary/aromatic N) is 2. The van der Waals surface area contributed by atoms with E-state index in [4.69, 9.17) is 4.74 Å². The van der Waals surface area contributed by atoms with Crippen molar-refractivity contribution in [1.29, 1.82) is 0 Å². The van der Waals surface area contributed by atoms with Crippen molar-refractivity contribution in [1.82, 2.24) is 5.32 Å². The predicted molar refractivity (Wildman–Crippen MR) is 73.2 cm³/mol. The molecule has 1 fully saturated rings. The van der Waals surface area contributed by atoms with Crippen LogP contribution in [0.3, 0.4) is 0 Å². The van der Waals surface area contributed by atoms with Gasteiger partial charge in [0.25, 0.3) is 0 Å². The van der Waals surface area contributed by atoms with E-state index in [1.807, 2.05) is 31.2 Å². The summed E-state index contributed by atoms with van der Waals surface area (Å²) in [6, 6.07) is 7.55. The summed E-state index contributed by atoms with van der Waals surface area (Å²) in [5, 5.41) is 11.0. The minimum atomic E-state index is -0.0324. The van der Waals surface area contributed by atoms with Crippen molar-refractivity contribution in [2.24, 2.45) is 10.2 Å². The molecule has 0 saturated carbocycles. The summed E-state index contributed by atoms with van der Waals surface area (Å²) in [6.07, 6.45) is 1.63. The standard InChI is InChI=1S/C12H13N3O2S/c1-2-17-10-5-3-9(4-6-10)7-13-15-12-14-11(16)8-18-12/h3-7H,2,8H2,1H3,(H,14,15,16). The molecule has 1 saturated heterocycles. The molecule has 6 heteroatoms. The zero-order valence-electron chi connectivity index (χ0n) is 9.92. The lowest BCUT2D eigenvalue weighted by Crippen LogP contribution is -2.19. The Morgan fingerprint density at radius 1 is 1.44 bits per heavy atom. The van der Waals surface area contributed by atoms with Crippen LogP contribution in [0.5, 0.6) is 5.75 Å². The van der Waals surface area contributed by atoms with Gasteiger partial charge in [-0.05, 0) is 36.8 Å². The molecule has 0 atom stereocenters. The molecule has 0 aromatic heterocycles. The molecule has 0 bridgehead atoms. The number of rotatable bonds is 4. The third-order valence-corrected chi connectivity index (χ3v) is 3.00. The van der Waals surface area contributed by atoms with Crippen molar-refractivity contribution in [3.63, 3.8) is 0 Å². The number of carbonyl (C=O) groups is 1. The van der Waals surface area contributed by atoms with Crippen LogP contribution in [0.25, 0.3) is 0 Å². The van der Waals surface area contributed by atoms with Gasteiger partial charge in [0.15, 0.2) is 5.17 Å². The summed E-state index contributed by atoms with van der Waals surface area (Å²) < 4.78 is 5.34. The Bertz CT molecular complexity index is 483. The molecule has 2 rings (SSSR count). The minimum absolute atomic E-state index is 0.0324. The highest BCUT2D eigenvalue weighted by atomic mass is 32.2. The highest BCUT2D eigenvalue weighted by molar-refractivity contribution is 8.15. The number of benzene rings is 1. The van der Waals surface area contributed by atoms with Crippen molar-refractivity contribution in [2.45, 2.75) is 6.92 Å². The van der Waals surface area contributed by atoms with Crippen molar-refractivity contribution >= 4 is 29.1 Å². The number of hydrogen-bond donors (Lipinski definition) is 1. The SMILES string of the molecule is CCOc1ccc(C=N/N=C2/NC(=O)CS2)cc1. The monoisotopic (exact) mass is 263 g/mol. The second-order valence-corrected chi connectivity index (χ2v) is 4.45. The number of thioether (sulfide) groups is 1. The van der Waals surface area contributed by atoms with E-state index in [1.165, 1.54) is 11.8 Å². The molecule has 1 aliphatic rings. The van der Waals surface area contributed by atoms with Crippen LogP contribution in [-0.4, -0.2) is 29.6 Å². The molecule has 1 aliphatic heterocycles. The molecule has 0 spiro atoms. The molecule has 5 nitrogen and oxygen atoms in total. The minimum Gasteiger partial charge on any atom is -0.494 e. The maximum absolute atomic E-state index is 10.9. The maximum Gasteiger partial charge on any atom is 0.236 e. The molecule has 0 radical (unpaired) electrons. The molecular weight excluding hydrogens is 250 g/mol. The number of carbonyl (C=O) groups excluding carboxylic acids is 1. The van der Waals surface area contributed by atoms with Gasteiger partial charge in [0.05, 0.1) is 18.6 Å². The summed E-state index contributed by atoms with van der Waals surface area (Å²) in [6.45, 7) is 2.59. The van der Waals surface area contributed by atoms with E-state index < -0.39 is 0 Å². The molecule has 94 valence electrons. The summed E-state index contributed by atoms with van der Waals surface area (Å²) in [7, 11) is 0. The number of hydrogen-bond acceptors (Lipinski definition) is 5. The topological polar surface area (TPSA) is 63.1 Å². The van der Waals surface area contributed by atoms with Crippen molar-refractivity contribution in [3.8, 4) is 5.75 Å². The molecule has 1 aromatic rings. The van der Waals surface area contributed by atoms with Gasteiger partial charge >= 0.3 is 0 Å². The first-order valence-electron chi connectivity index (χ1n) is 5.54. The molecule has 1 aromatic carbocycles. The van der Waals surface area contributed by atoms with Crippen molar-refractivity contribution in [2.75, 3.05) is 12.4 Å². The van der Waals surface area contributed by atoms with E-state index in [1.54, 1.807) is 6.21 Å². The number of amides is 1. The van der Waals surface area contributed by atoms with Crippen LogP contribution in [0.15, 0.2) is 34.5 Å². The zero-order chi connectivity index (χ0) is 12.8. The number of nitrogens with one attached hydrogen (secondary N) is 1. The van der Waals surface area contributed by atoms with Crippen molar-refractivity contribution in [3.05, 3.63) is 29.8 Å². The average molecular weight is 263 g/mol. The first-order valence-corrected chi connectivity index (χ1v) is 6.53. The lowest BCUT2D eigenvalue weighted by Gasteiger charge is -2.01. The highest BCUT2D eigenvalue weighted by Crippen LogP contribution is 2.11. The van der Waals surface area contributed by atoms with Gasteiger partial charge in [0, 0.05) is 0 Å². The van der Waals surface area contributed by atoms with E-state index >= 15 is 0 Å². The lowest BCUT2D eigenvalue weighted by molar-refractivity contribution is -0.116. The quantitative estimate of drug-likeness (QED) is 0.663. The Labute approximate surface area is 109 Å². The lowest BCUT2D eigenvalue weighted by atomic mass is 10.2. The molecule has 0 aliphatic carbocycles. The second kappa shape index (κ2) is 6.20. The van der Waals surface area contributed by atoms with Gasteiger partial charge in [-0.2, -0.15) is 5.10 Å². The molecule has 0 unspecified atom stereocenters. The molecular formula is C12H13N3O2S.